The second-order valence-electron chi connectivity index (χ2n) is 3.87. The summed E-state index contributed by atoms with van der Waals surface area (Å²) in [5.41, 5.74) is 0.306. The van der Waals surface area contributed by atoms with Crippen molar-refractivity contribution in [2.75, 3.05) is 7.11 Å². The van der Waals surface area contributed by atoms with Gasteiger partial charge in [0, 0.05) is 5.39 Å². The molecule has 1 aromatic heterocycles. The molecule has 0 atom stereocenters. The SMILES string of the molecule is CCc1ccc(OC)c2nc(C(F)(F)F)ccc12. The lowest BCUT2D eigenvalue weighted by Crippen LogP contribution is -2.08. The number of alkyl halides is 3. The summed E-state index contributed by atoms with van der Waals surface area (Å²) in [6.45, 7) is 1.94. The molecule has 0 spiro atoms. The van der Waals surface area contributed by atoms with Crippen molar-refractivity contribution in [3.63, 3.8) is 0 Å². The van der Waals surface area contributed by atoms with E-state index in [4.69, 9.17) is 4.74 Å². The number of aryl methyl sites for hydroxylation is 1. The standard InChI is InChI=1S/C13H12F3NO/c1-3-8-4-6-10(18-2)12-9(8)5-7-11(17-12)13(14,15)16/h4-7H,3H2,1-2H3. The van der Waals surface area contributed by atoms with E-state index in [1.807, 2.05) is 13.0 Å². The second-order valence-corrected chi connectivity index (χ2v) is 3.87. The zero-order valence-electron chi connectivity index (χ0n) is 10.0. The predicted octanol–water partition coefficient (Wildman–Crippen LogP) is 3.82. The van der Waals surface area contributed by atoms with Gasteiger partial charge in [-0.15, -0.1) is 0 Å². The van der Waals surface area contributed by atoms with Gasteiger partial charge in [0.1, 0.15) is 17.0 Å². The molecule has 1 aromatic carbocycles. The van der Waals surface area contributed by atoms with E-state index < -0.39 is 11.9 Å². The molecule has 5 heteroatoms. The first kappa shape index (κ1) is 12.7. The van der Waals surface area contributed by atoms with Crippen LogP contribution in [0.5, 0.6) is 5.75 Å². The molecule has 2 nitrogen and oxygen atoms in total. The van der Waals surface area contributed by atoms with Gasteiger partial charge in [0.05, 0.1) is 7.11 Å². The molecule has 18 heavy (non-hydrogen) atoms. The zero-order chi connectivity index (χ0) is 13.3. The van der Waals surface area contributed by atoms with Crippen LogP contribution in [-0.4, -0.2) is 12.1 Å². The Bertz CT molecular complexity index is 578. The highest BCUT2D eigenvalue weighted by Crippen LogP contribution is 2.33. The van der Waals surface area contributed by atoms with Crippen LogP contribution in [0.15, 0.2) is 24.3 Å². The highest BCUT2D eigenvalue weighted by Gasteiger charge is 2.32. The van der Waals surface area contributed by atoms with Crippen LogP contribution in [0.3, 0.4) is 0 Å². The molecule has 1 heterocycles. The molecule has 2 rings (SSSR count). The monoisotopic (exact) mass is 255 g/mol. The van der Waals surface area contributed by atoms with E-state index in [9.17, 15) is 13.2 Å². The minimum Gasteiger partial charge on any atom is -0.494 e. The van der Waals surface area contributed by atoms with Gasteiger partial charge in [0.25, 0.3) is 0 Å². The predicted molar refractivity (Wildman–Crippen MR) is 62.7 cm³/mol. The van der Waals surface area contributed by atoms with Crippen LogP contribution in [-0.2, 0) is 12.6 Å². The fraction of sp³-hybridized carbons (Fsp3) is 0.308. The van der Waals surface area contributed by atoms with E-state index in [1.54, 1.807) is 6.07 Å². The van der Waals surface area contributed by atoms with Gasteiger partial charge in [-0.1, -0.05) is 19.1 Å². The largest absolute Gasteiger partial charge is 0.494 e. The Morgan fingerprint density at radius 2 is 1.89 bits per heavy atom. The first-order valence-electron chi connectivity index (χ1n) is 5.51. The van der Waals surface area contributed by atoms with Crippen molar-refractivity contribution in [2.24, 2.45) is 0 Å². The Morgan fingerprint density at radius 1 is 1.17 bits per heavy atom. The van der Waals surface area contributed by atoms with Crippen LogP contribution in [0, 0.1) is 0 Å². The minimum absolute atomic E-state index is 0.256. The molecular formula is C13H12F3NO. The van der Waals surface area contributed by atoms with Crippen LogP contribution in [0.1, 0.15) is 18.2 Å². The molecule has 0 amide bonds. The molecule has 0 saturated heterocycles. The summed E-state index contributed by atoms with van der Waals surface area (Å²) in [5.74, 6) is 0.355. The van der Waals surface area contributed by atoms with Gasteiger partial charge in [0.15, 0.2) is 0 Å². The van der Waals surface area contributed by atoms with Crippen LogP contribution in [0.2, 0.25) is 0 Å². The summed E-state index contributed by atoms with van der Waals surface area (Å²) in [6, 6.07) is 5.94. The van der Waals surface area contributed by atoms with Crippen LogP contribution in [0.4, 0.5) is 13.2 Å². The van der Waals surface area contributed by atoms with E-state index in [2.05, 4.69) is 4.98 Å². The first-order valence-corrected chi connectivity index (χ1v) is 5.51. The summed E-state index contributed by atoms with van der Waals surface area (Å²) in [7, 11) is 1.42. The summed E-state index contributed by atoms with van der Waals surface area (Å²) in [6.07, 6.45) is -3.71. The molecule has 0 N–H and O–H groups in total. The van der Waals surface area contributed by atoms with Crippen LogP contribution in [0.25, 0.3) is 10.9 Å². The Morgan fingerprint density at radius 3 is 2.44 bits per heavy atom. The van der Waals surface area contributed by atoms with Crippen molar-refractivity contribution in [1.82, 2.24) is 4.98 Å². The van der Waals surface area contributed by atoms with Gasteiger partial charge < -0.3 is 4.74 Å². The number of benzene rings is 1. The number of aromatic nitrogens is 1. The number of methoxy groups -OCH3 is 1. The topological polar surface area (TPSA) is 22.1 Å². The lowest BCUT2D eigenvalue weighted by molar-refractivity contribution is -0.140. The van der Waals surface area contributed by atoms with Crippen LogP contribution < -0.4 is 4.74 Å². The molecule has 0 bridgehead atoms. The lowest BCUT2D eigenvalue weighted by atomic mass is 10.0. The number of rotatable bonds is 2. The Hall–Kier alpha value is -1.78. The number of nitrogens with zero attached hydrogens (tertiary/aromatic N) is 1. The quantitative estimate of drug-likeness (QED) is 0.813. The number of halogens is 3. The average Bonchev–Trinajstić information content (AvgIpc) is 2.35. The summed E-state index contributed by atoms with van der Waals surface area (Å²) >= 11 is 0. The Kier molecular flexibility index (Phi) is 3.15. The number of hydrogen-bond donors (Lipinski definition) is 0. The van der Waals surface area contributed by atoms with Crippen molar-refractivity contribution >= 4 is 10.9 Å². The van der Waals surface area contributed by atoms with E-state index in [1.165, 1.54) is 13.2 Å². The molecule has 0 aliphatic carbocycles. The van der Waals surface area contributed by atoms with Gasteiger partial charge in [-0.3, -0.25) is 0 Å². The maximum atomic E-state index is 12.6. The first-order chi connectivity index (χ1) is 8.47. The second kappa shape index (κ2) is 4.48. The fourth-order valence-electron chi connectivity index (χ4n) is 1.88. The van der Waals surface area contributed by atoms with Crippen molar-refractivity contribution in [2.45, 2.75) is 19.5 Å². The molecule has 0 aliphatic heterocycles. The van der Waals surface area contributed by atoms with E-state index in [0.29, 0.717) is 11.1 Å². The van der Waals surface area contributed by atoms with Gasteiger partial charge in [0.2, 0.25) is 0 Å². The maximum absolute atomic E-state index is 12.6. The molecule has 0 fully saturated rings. The maximum Gasteiger partial charge on any atom is 0.433 e. The van der Waals surface area contributed by atoms with E-state index >= 15 is 0 Å². The average molecular weight is 255 g/mol. The third-order valence-corrected chi connectivity index (χ3v) is 2.80. The summed E-state index contributed by atoms with van der Waals surface area (Å²) in [5, 5.41) is 0.699. The zero-order valence-corrected chi connectivity index (χ0v) is 10.0. The molecule has 96 valence electrons. The third kappa shape index (κ3) is 2.12. The highest BCUT2D eigenvalue weighted by molar-refractivity contribution is 5.87. The minimum atomic E-state index is -4.44. The lowest BCUT2D eigenvalue weighted by Gasteiger charge is -2.11. The third-order valence-electron chi connectivity index (χ3n) is 2.80. The fourth-order valence-corrected chi connectivity index (χ4v) is 1.88. The number of ether oxygens (including phenoxy) is 1. The Labute approximate surface area is 102 Å². The number of hydrogen-bond acceptors (Lipinski definition) is 2. The van der Waals surface area contributed by atoms with Crippen molar-refractivity contribution in [3.8, 4) is 5.75 Å². The smallest absolute Gasteiger partial charge is 0.433 e. The van der Waals surface area contributed by atoms with Gasteiger partial charge >= 0.3 is 6.18 Å². The molecule has 0 unspecified atom stereocenters. The van der Waals surface area contributed by atoms with E-state index in [-0.39, 0.29) is 5.52 Å². The molecule has 0 aliphatic rings. The molecule has 2 aromatic rings. The summed E-state index contributed by atoms with van der Waals surface area (Å²) < 4.78 is 43.0. The van der Waals surface area contributed by atoms with Gasteiger partial charge in [-0.05, 0) is 24.1 Å². The highest BCUT2D eigenvalue weighted by atomic mass is 19.4. The van der Waals surface area contributed by atoms with E-state index in [0.717, 1.165) is 18.1 Å². The van der Waals surface area contributed by atoms with Crippen molar-refractivity contribution in [1.29, 1.82) is 0 Å². The van der Waals surface area contributed by atoms with Gasteiger partial charge in [-0.2, -0.15) is 13.2 Å². The molecule has 0 radical (unpaired) electrons. The normalized spacial score (nSPS) is 11.8. The summed E-state index contributed by atoms with van der Waals surface area (Å²) in [4.78, 5) is 3.68. The molecule has 0 saturated carbocycles. The van der Waals surface area contributed by atoms with Gasteiger partial charge in [-0.25, -0.2) is 4.98 Å². The van der Waals surface area contributed by atoms with Crippen molar-refractivity contribution < 1.29 is 17.9 Å². The number of pyridine rings is 1. The number of fused-ring (bicyclic) bond motifs is 1. The van der Waals surface area contributed by atoms with Crippen molar-refractivity contribution in [3.05, 3.63) is 35.5 Å². The molecular weight excluding hydrogens is 243 g/mol. The Balaban J connectivity index is 2.74. The van der Waals surface area contributed by atoms with Crippen LogP contribution >= 0.6 is 0 Å².